The van der Waals surface area contributed by atoms with Crippen LogP contribution in [0.4, 0.5) is 0 Å². The summed E-state index contributed by atoms with van der Waals surface area (Å²) < 4.78 is 5.77. The van der Waals surface area contributed by atoms with Crippen molar-refractivity contribution in [3.8, 4) is 5.88 Å². The third-order valence-corrected chi connectivity index (χ3v) is 3.28. The van der Waals surface area contributed by atoms with E-state index in [0.717, 1.165) is 12.8 Å². The molecule has 2 aromatic rings. The van der Waals surface area contributed by atoms with E-state index < -0.39 is 0 Å². The van der Waals surface area contributed by atoms with E-state index >= 15 is 0 Å². The summed E-state index contributed by atoms with van der Waals surface area (Å²) in [7, 11) is 0. The lowest BCUT2D eigenvalue weighted by Crippen LogP contribution is -2.44. The first-order chi connectivity index (χ1) is 10.3. The van der Waals surface area contributed by atoms with Crippen molar-refractivity contribution in [1.82, 2.24) is 25.1 Å². The molecule has 1 aliphatic rings. The summed E-state index contributed by atoms with van der Waals surface area (Å²) in [5, 5.41) is 7.68. The van der Waals surface area contributed by atoms with E-state index in [4.69, 9.17) is 4.74 Å². The maximum absolute atomic E-state index is 12.3. The number of amides is 1. The highest BCUT2D eigenvalue weighted by Gasteiger charge is 2.26. The van der Waals surface area contributed by atoms with Crippen LogP contribution in [0.25, 0.3) is 0 Å². The van der Waals surface area contributed by atoms with Gasteiger partial charge in [-0.05, 0) is 18.9 Å². The minimum absolute atomic E-state index is 0.0731. The summed E-state index contributed by atoms with van der Waals surface area (Å²) in [4.78, 5) is 22.1. The summed E-state index contributed by atoms with van der Waals surface area (Å²) in [5.74, 6) is 0.367. The van der Waals surface area contributed by atoms with Crippen molar-refractivity contribution < 1.29 is 9.53 Å². The molecule has 0 spiro atoms. The molecule has 3 rings (SSSR count). The van der Waals surface area contributed by atoms with Crippen LogP contribution in [0.5, 0.6) is 5.88 Å². The number of carbonyl (C=O) groups excluding carboxylic acids is 1. The summed E-state index contributed by atoms with van der Waals surface area (Å²) in [6.07, 6.45) is 7.85. The van der Waals surface area contributed by atoms with E-state index in [2.05, 4.69) is 20.2 Å². The van der Waals surface area contributed by atoms with Gasteiger partial charge in [-0.3, -0.25) is 9.78 Å². The number of ether oxygens (including phenoxy) is 1. The van der Waals surface area contributed by atoms with Crippen molar-refractivity contribution in [3.63, 3.8) is 0 Å². The van der Waals surface area contributed by atoms with Crippen molar-refractivity contribution in [2.75, 3.05) is 13.1 Å². The van der Waals surface area contributed by atoms with Gasteiger partial charge in [0.15, 0.2) is 0 Å². The zero-order valence-corrected chi connectivity index (χ0v) is 11.4. The largest absolute Gasteiger partial charge is 0.471 e. The predicted molar refractivity (Wildman–Crippen MR) is 73.6 cm³/mol. The molecule has 0 radical (unpaired) electrons. The first-order valence-electron chi connectivity index (χ1n) is 6.82. The molecule has 0 aromatic carbocycles. The Hall–Kier alpha value is -2.57. The van der Waals surface area contributed by atoms with Crippen LogP contribution in [0.1, 0.15) is 23.3 Å². The topological polar surface area (TPSA) is 81.1 Å². The van der Waals surface area contributed by atoms with Crippen molar-refractivity contribution in [2.24, 2.45) is 0 Å². The second kappa shape index (κ2) is 6.25. The number of rotatable bonds is 3. The van der Waals surface area contributed by atoms with Crippen molar-refractivity contribution >= 4 is 5.91 Å². The average molecular weight is 285 g/mol. The van der Waals surface area contributed by atoms with Gasteiger partial charge in [0.1, 0.15) is 11.8 Å². The molecule has 1 unspecified atom stereocenters. The van der Waals surface area contributed by atoms with Gasteiger partial charge in [0.2, 0.25) is 5.88 Å². The number of carbonyl (C=O) groups is 1. The third-order valence-electron chi connectivity index (χ3n) is 3.28. The lowest BCUT2D eigenvalue weighted by molar-refractivity contribution is 0.0520. The van der Waals surface area contributed by atoms with E-state index in [1.807, 2.05) is 0 Å². The van der Waals surface area contributed by atoms with Gasteiger partial charge >= 0.3 is 0 Å². The first kappa shape index (κ1) is 13.4. The molecule has 7 nitrogen and oxygen atoms in total. The van der Waals surface area contributed by atoms with Crippen molar-refractivity contribution in [2.45, 2.75) is 18.9 Å². The van der Waals surface area contributed by atoms with Gasteiger partial charge in [-0.15, -0.1) is 5.10 Å². The minimum Gasteiger partial charge on any atom is -0.471 e. The van der Waals surface area contributed by atoms with Gasteiger partial charge in [0.25, 0.3) is 5.91 Å². The predicted octanol–water partition coefficient (Wildman–Crippen LogP) is 0.950. The Bertz CT molecular complexity index is 593. The molecule has 0 saturated carbocycles. The number of hydrogen-bond donors (Lipinski definition) is 0. The molecular weight excluding hydrogens is 270 g/mol. The van der Waals surface area contributed by atoms with Crippen molar-refractivity contribution in [1.29, 1.82) is 0 Å². The maximum atomic E-state index is 12.3. The van der Waals surface area contributed by atoms with E-state index in [-0.39, 0.29) is 12.0 Å². The van der Waals surface area contributed by atoms with Crippen LogP contribution in [0, 0.1) is 0 Å². The molecule has 0 bridgehead atoms. The third kappa shape index (κ3) is 3.31. The highest BCUT2D eigenvalue weighted by molar-refractivity contribution is 5.92. The fraction of sp³-hybridized carbons (Fsp3) is 0.357. The molecule has 0 N–H and O–H groups in total. The van der Waals surface area contributed by atoms with E-state index in [9.17, 15) is 4.79 Å². The van der Waals surface area contributed by atoms with Gasteiger partial charge in [0.05, 0.1) is 12.7 Å². The highest BCUT2D eigenvalue weighted by atomic mass is 16.5. The number of hydrogen-bond acceptors (Lipinski definition) is 6. The van der Waals surface area contributed by atoms with Crippen LogP contribution >= 0.6 is 0 Å². The Kier molecular flexibility index (Phi) is 3.99. The molecule has 108 valence electrons. The Morgan fingerprint density at radius 3 is 3.05 bits per heavy atom. The zero-order valence-electron chi connectivity index (χ0n) is 11.4. The van der Waals surface area contributed by atoms with Crippen LogP contribution in [-0.2, 0) is 0 Å². The Morgan fingerprint density at radius 1 is 1.33 bits per heavy atom. The van der Waals surface area contributed by atoms with Gasteiger partial charge in [-0.25, -0.2) is 4.98 Å². The molecule has 1 amide bonds. The maximum Gasteiger partial charge on any atom is 0.274 e. The Labute approximate surface area is 122 Å². The number of likely N-dealkylation sites (tertiary alicyclic amines) is 1. The fourth-order valence-corrected chi connectivity index (χ4v) is 2.31. The monoisotopic (exact) mass is 285 g/mol. The number of piperidine rings is 1. The van der Waals surface area contributed by atoms with E-state index in [0.29, 0.717) is 24.7 Å². The molecule has 1 saturated heterocycles. The lowest BCUT2D eigenvalue weighted by Gasteiger charge is -2.32. The SMILES string of the molecule is O=C(c1cnccn1)N1CCCC(Oc2cccnn2)C1. The summed E-state index contributed by atoms with van der Waals surface area (Å²) in [5.41, 5.74) is 0.359. The van der Waals surface area contributed by atoms with Crippen molar-refractivity contribution in [3.05, 3.63) is 42.6 Å². The molecule has 0 aliphatic carbocycles. The normalized spacial score (nSPS) is 18.3. The lowest BCUT2D eigenvalue weighted by atomic mass is 10.1. The molecule has 1 aliphatic heterocycles. The Morgan fingerprint density at radius 2 is 2.29 bits per heavy atom. The van der Waals surface area contributed by atoms with E-state index in [1.54, 1.807) is 29.4 Å². The molecule has 1 atom stereocenters. The summed E-state index contributed by atoms with van der Waals surface area (Å²) in [6, 6.07) is 3.53. The molecule has 2 aromatic heterocycles. The van der Waals surface area contributed by atoms with Gasteiger partial charge < -0.3 is 9.64 Å². The average Bonchev–Trinajstić information content (AvgIpc) is 2.56. The first-order valence-corrected chi connectivity index (χ1v) is 6.82. The number of nitrogens with zero attached hydrogens (tertiary/aromatic N) is 5. The summed E-state index contributed by atoms with van der Waals surface area (Å²) in [6.45, 7) is 1.22. The quantitative estimate of drug-likeness (QED) is 0.835. The van der Waals surface area contributed by atoms with Gasteiger partial charge in [0, 0.05) is 31.2 Å². The Balaban J connectivity index is 1.64. The van der Waals surface area contributed by atoms with Crippen LogP contribution in [0.3, 0.4) is 0 Å². The fourth-order valence-electron chi connectivity index (χ4n) is 2.31. The molecule has 7 heteroatoms. The van der Waals surface area contributed by atoms with Crippen LogP contribution in [0.15, 0.2) is 36.9 Å². The van der Waals surface area contributed by atoms with Crippen LogP contribution in [-0.4, -0.2) is 50.2 Å². The van der Waals surface area contributed by atoms with Gasteiger partial charge in [-0.2, -0.15) is 5.10 Å². The zero-order chi connectivity index (χ0) is 14.5. The standard InChI is InChI=1S/C14H15N5O2/c20-14(12-9-15-6-7-16-12)19-8-2-3-11(10-19)21-13-4-1-5-17-18-13/h1,4-7,9,11H,2-3,8,10H2. The molecular formula is C14H15N5O2. The minimum atomic E-state index is -0.115. The molecule has 3 heterocycles. The molecule has 1 fully saturated rings. The highest BCUT2D eigenvalue weighted by Crippen LogP contribution is 2.17. The molecule has 21 heavy (non-hydrogen) atoms. The second-order valence-corrected chi connectivity index (χ2v) is 4.79. The second-order valence-electron chi connectivity index (χ2n) is 4.79. The smallest absolute Gasteiger partial charge is 0.274 e. The number of aromatic nitrogens is 4. The van der Waals surface area contributed by atoms with Crippen LogP contribution < -0.4 is 4.74 Å². The summed E-state index contributed by atoms with van der Waals surface area (Å²) >= 11 is 0. The van der Waals surface area contributed by atoms with Crippen LogP contribution in [0.2, 0.25) is 0 Å². The van der Waals surface area contributed by atoms with E-state index in [1.165, 1.54) is 12.4 Å². The van der Waals surface area contributed by atoms with Gasteiger partial charge in [-0.1, -0.05) is 0 Å².